The van der Waals surface area contributed by atoms with Crippen LogP contribution < -0.4 is 11.2 Å². The van der Waals surface area contributed by atoms with Crippen LogP contribution in [0.15, 0.2) is 40.1 Å². The van der Waals surface area contributed by atoms with Crippen LogP contribution >= 0.6 is 0 Å². The van der Waals surface area contributed by atoms with Crippen molar-refractivity contribution in [3.8, 4) is 0 Å². The summed E-state index contributed by atoms with van der Waals surface area (Å²) in [4.78, 5) is 34.2. The van der Waals surface area contributed by atoms with Gasteiger partial charge in [0, 0.05) is 12.3 Å². The molecule has 0 saturated carbocycles. The predicted molar refractivity (Wildman–Crippen MR) is 72.7 cm³/mol. The number of hydrogen-bond acceptors (Lipinski definition) is 3. The van der Waals surface area contributed by atoms with Crippen molar-refractivity contribution in [3.63, 3.8) is 0 Å². The van der Waals surface area contributed by atoms with Crippen LogP contribution in [0.4, 0.5) is 0 Å². The number of hydrogen-bond donors (Lipinski definition) is 3. The van der Waals surface area contributed by atoms with Crippen LogP contribution in [-0.4, -0.2) is 19.9 Å². The third-order valence-corrected chi connectivity index (χ3v) is 2.66. The van der Waals surface area contributed by atoms with E-state index in [-0.39, 0.29) is 11.2 Å². The summed E-state index contributed by atoms with van der Waals surface area (Å²) >= 11 is 0. The zero-order valence-electron chi connectivity index (χ0n) is 9.81. The van der Waals surface area contributed by atoms with Crippen molar-refractivity contribution >= 4 is 23.2 Å². The van der Waals surface area contributed by atoms with Crippen LogP contribution in [-0.2, 0) is 0 Å². The van der Waals surface area contributed by atoms with Crippen molar-refractivity contribution in [3.05, 3.63) is 62.7 Å². The van der Waals surface area contributed by atoms with E-state index in [4.69, 9.17) is 0 Å². The first-order valence-electron chi connectivity index (χ1n) is 5.66. The zero-order chi connectivity index (χ0) is 13.2. The summed E-state index contributed by atoms with van der Waals surface area (Å²) in [7, 11) is 0. The van der Waals surface area contributed by atoms with E-state index in [0.717, 1.165) is 16.6 Å². The Morgan fingerprint density at radius 3 is 2.63 bits per heavy atom. The molecule has 3 aromatic rings. The maximum absolute atomic E-state index is 11.1. The molecule has 0 amide bonds. The molecule has 0 aliphatic carbocycles. The van der Waals surface area contributed by atoms with Crippen LogP contribution in [0.1, 0.15) is 11.4 Å². The fourth-order valence-electron chi connectivity index (χ4n) is 1.80. The Morgan fingerprint density at radius 1 is 0.947 bits per heavy atom. The van der Waals surface area contributed by atoms with Gasteiger partial charge in [-0.05, 0) is 23.8 Å². The molecule has 0 spiro atoms. The standard InChI is InChI=1S/C13H10N4O2/c18-12-5-6-14-11(17-12)4-2-8-1-3-9-10(7-8)16-13(19)15-9/h1-7H,(H,14,17,18)(H2,15,16,19)/b4-2+. The van der Waals surface area contributed by atoms with E-state index >= 15 is 0 Å². The number of benzene rings is 1. The van der Waals surface area contributed by atoms with Gasteiger partial charge in [-0.25, -0.2) is 9.78 Å². The molecule has 0 saturated heterocycles. The molecule has 19 heavy (non-hydrogen) atoms. The van der Waals surface area contributed by atoms with E-state index in [0.29, 0.717) is 5.82 Å². The summed E-state index contributed by atoms with van der Waals surface area (Å²) < 4.78 is 0. The molecule has 0 bridgehead atoms. The first-order chi connectivity index (χ1) is 9.20. The second-order valence-electron chi connectivity index (χ2n) is 4.04. The zero-order valence-corrected chi connectivity index (χ0v) is 9.81. The molecule has 0 unspecified atom stereocenters. The highest BCUT2D eigenvalue weighted by Gasteiger charge is 1.97. The van der Waals surface area contributed by atoms with Gasteiger partial charge in [0.05, 0.1) is 11.0 Å². The number of nitrogens with zero attached hydrogens (tertiary/aromatic N) is 1. The molecule has 6 nitrogen and oxygen atoms in total. The average molecular weight is 254 g/mol. The molecule has 2 heterocycles. The first kappa shape index (κ1) is 11.2. The van der Waals surface area contributed by atoms with Gasteiger partial charge >= 0.3 is 5.69 Å². The van der Waals surface area contributed by atoms with E-state index in [2.05, 4.69) is 19.9 Å². The van der Waals surface area contributed by atoms with Crippen molar-refractivity contribution in [2.24, 2.45) is 0 Å². The number of rotatable bonds is 2. The van der Waals surface area contributed by atoms with Crippen LogP contribution in [0.2, 0.25) is 0 Å². The SMILES string of the molecule is O=c1ccnc(/C=C/c2ccc3[nH]c(=O)[nH]c3c2)[nH]1. The Hall–Kier alpha value is -2.89. The van der Waals surface area contributed by atoms with Gasteiger partial charge in [-0.1, -0.05) is 12.1 Å². The third-order valence-electron chi connectivity index (χ3n) is 2.66. The van der Waals surface area contributed by atoms with Gasteiger partial charge in [0.15, 0.2) is 0 Å². The lowest BCUT2D eigenvalue weighted by molar-refractivity contribution is 1.09. The van der Waals surface area contributed by atoms with Crippen LogP contribution in [0.25, 0.3) is 23.2 Å². The molecule has 0 radical (unpaired) electrons. The average Bonchev–Trinajstić information content (AvgIpc) is 2.75. The van der Waals surface area contributed by atoms with E-state index in [1.54, 1.807) is 6.08 Å². The fraction of sp³-hybridized carbons (Fsp3) is 0. The summed E-state index contributed by atoms with van der Waals surface area (Å²) in [5, 5.41) is 0. The summed E-state index contributed by atoms with van der Waals surface area (Å²) in [6.07, 6.45) is 4.96. The Kier molecular flexibility index (Phi) is 2.60. The number of H-pyrrole nitrogens is 3. The maximum Gasteiger partial charge on any atom is 0.323 e. The highest BCUT2D eigenvalue weighted by atomic mass is 16.1. The van der Waals surface area contributed by atoms with Gasteiger partial charge in [0.25, 0.3) is 5.56 Å². The van der Waals surface area contributed by atoms with Gasteiger partial charge in [0.1, 0.15) is 5.82 Å². The number of aromatic nitrogens is 4. The minimum absolute atomic E-state index is 0.194. The lowest BCUT2D eigenvalue weighted by Gasteiger charge is -1.94. The highest BCUT2D eigenvalue weighted by molar-refractivity contribution is 5.79. The predicted octanol–water partition coefficient (Wildman–Crippen LogP) is 1.11. The first-order valence-corrected chi connectivity index (χ1v) is 5.66. The lowest BCUT2D eigenvalue weighted by Crippen LogP contribution is -2.05. The van der Waals surface area contributed by atoms with Gasteiger partial charge in [-0.2, -0.15) is 0 Å². The molecule has 0 fully saturated rings. The number of nitrogens with one attached hydrogen (secondary N) is 3. The number of imidazole rings is 1. The van der Waals surface area contributed by atoms with Crippen LogP contribution in [0.5, 0.6) is 0 Å². The molecule has 0 atom stereocenters. The monoisotopic (exact) mass is 254 g/mol. The molecule has 2 aromatic heterocycles. The minimum Gasteiger partial charge on any atom is -0.307 e. The summed E-state index contributed by atoms with van der Waals surface area (Å²) in [6.45, 7) is 0. The molecular formula is C13H10N4O2. The molecule has 6 heteroatoms. The third kappa shape index (κ3) is 2.37. The Balaban J connectivity index is 1.96. The minimum atomic E-state index is -0.231. The summed E-state index contributed by atoms with van der Waals surface area (Å²) in [6, 6.07) is 6.87. The lowest BCUT2D eigenvalue weighted by atomic mass is 10.2. The second kappa shape index (κ2) is 4.41. The molecule has 0 aliphatic rings. The largest absolute Gasteiger partial charge is 0.323 e. The Morgan fingerprint density at radius 2 is 1.79 bits per heavy atom. The topological polar surface area (TPSA) is 94.4 Å². The molecule has 0 aliphatic heterocycles. The molecule has 1 aromatic carbocycles. The smallest absolute Gasteiger partial charge is 0.307 e. The fourth-order valence-corrected chi connectivity index (χ4v) is 1.80. The van der Waals surface area contributed by atoms with Crippen molar-refractivity contribution in [1.82, 2.24) is 19.9 Å². The maximum atomic E-state index is 11.1. The van der Waals surface area contributed by atoms with Crippen LogP contribution in [0.3, 0.4) is 0 Å². The summed E-state index contributed by atoms with van der Waals surface area (Å²) in [5.74, 6) is 0.482. The number of fused-ring (bicyclic) bond motifs is 1. The van der Waals surface area contributed by atoms with Crippen molar-refractivity contribution in [2.75, 3.05) is 0 Å². The van der Waals surface area contributed by atoms with Gasteiger partial charge in [0.2, 0.25) is 0 Å². The molecule has 3 rings (SSSR count). The molecule has 94 valence electrons. The Bertz CT molecular complexity index is 870. The van der Waals surface area contributed by atoms with Gasteiger partial charge in [-0.3, -0.25) is 4.79 Å². The Labute approximate surface area is 106 Å². The number of aromatic amines is 3. The van der Waals surface area contributed by atoms with E-state index in [9.17, 15) is 9.59 Å². The van der Waals surface area contributed by atoms with E-state index in [1.807, 2.05) is 24.3 Å². The van der Waals surface area contributed by atoms with E-state index in [1.165, 1.54) is 12.3 Å². The van der Waals surface area contributed by atoms with Crippen molar-refractivity contribution in [1.29, 1.82) is 0 Å². The van der Waals surface area contributed by atoms with Crippen LogP contribution in [0, 0.1) is 0 Å². The molecular weight excluding hydrogens is 244 g/mol. The van der Waals surface area contributed by atoms with Crippen molar-refractivity contribution in [2.45, 2.75) is 0 Å². The van der Waals surface area contributed by atoms with Crippen molar-refractivity contribution < 1.29 is 0 Å². The second-order valence-corrected chi connectivity index (χ2v) is 4.04. The van der Waals surface area contributed by atoms with Gasteiger partial charge < -0.3 is 15.0 Å². The highest BCUT2D eigenvalue weighted by Crippen LogP contribution is 2.12. The quantitative estimate of drug-likeness (QED) is 0.639. The van der Waals surface area contributed by atoms with E-state index < -0.39 is 0 Å². The summed E-state index contributed by atoms with van der Waals surface area (Å²) in [5.41, 5.74) is 1.97. The normalized spacial score (nSPS) is 11.4. The van der Waals surface area contributed by atoms with Gasteiger partial charge in [-0.15, -0.1) is 0 Å². The molecule has 3 N–H and O–H groups in total.